The number of ether oxygens (including phenoxy) is 1. The molecular weight excluding hydrogens is 396 g/mol. The van der Waals surface area contributed by atoms with Crippen molar-refractivity contribution in [3.05, 3.63) is 59.2 Å². The van der Waals surface area contributed by atoms with E-state index in [2.05, 4.69) is 73.5 Å². The topological polar surface area (TPSA) is 41.6 Å². The molecule has 3 fully saturated rings. The van der Waals surface area contributed by atoms with Crippen LogP contribution in [0.5, 0.6) is 0 Å². The van der Waals surface area contributed by atoms with E-state index in [1.165, 1.54) is 27.8 Å². The van der Waals surface area contributed by atoms with Gasteiger partial charge in [-0.15, -0.1) is 0 Å². The molecule has 2 bridgehead atoms. The van der Waals surface area contributed by atoms with E-state index in [1.54, 1.807) is 0 Å². The zero-order chi connectivity index (χ0) is 22.3. The van der Waals surface area contributed by atoms with Gasteiger partial charge in [-0.25, -0.2) is 4.79 Å². The summed E-state index contributed by atoms with van der Waals surface area (Å²) in [7, 11) is 0. The molecule has 6 rings (SSSR count). The first-order chi connectivity index (χ1) is 15.4. The van der Waals surface area contributed by atoms with Crippen LogP contribution in [0.4, 0.5) is 4.79 Å². The zero-order valence-electron chi connectivity index (χ0n) is 19.7. The van der Waals surface area contributed by atoms with E-state index >= 15 is 0 Å². The third-order valence-corrected chi connectivity index (χ3v) is 7.67. The van der Waals surface area contributed by atoms with Gasteiger partial charge in [0.2, 0.25) is 0 Å². The summed E-state index contributed by atoms with van der Waals surface area (Å²) in [5.41, 5.74) is 6.60. The lowest BCUT2D eigenvalue weighted by atomic mass is 9.83. The van der Waals surface area contributed by atoms with Gasteiger partial charge in [0.25, 0.3) is 0 Å². The minimum Gasteiger partial charge on any atom is -0.445 e. The highest BCUT2D eigenvalue weighted by molar-refractivity contribution is 5.69. The average molecular weight is 433 g/mol. The highest BCUT2D eigenvalue weighted by atomic mass is 16.6. The van der Waals surface area contributed by atoms with Crippen LogP contribution < -0.4 is 5.32 Å². The average Bonchev–Trinajstić information content (AvgIpc) is 2.79. The summed E-state index contributed by atoms with van der Waals surface area (Å²) < 4.78 is 5.89. The van der Waals surface area contributed by atoms with Crippen molar-refractivity contribution in [1.29, 1.82) is 0 Å². The summed E-state index contributed by atoms with van der Waals surface area (Å²) in [6.45, 7) is 9.97. The second kappa shape index (κ2) is 8.55. The van der Waals surface area contributed by atoms with Crippen molar-refractivity contribution in [2.45, 2.75) is 70.4 Å². The number of hydrogen-bond donors (Lipinski definition) is 1. The summed E-state index contributed by atoms with van der Waals surface area (Å²) in [5, 5.41) is 3.19. The van der Waals surface area contributed by atoms with Crippen LogP contribution in [0.15, 0.2) is 42.5 Å². The van der Waals surface area contributed by atoms with Gasteiger partial charge in [-0.1, -0.05) is 63.2 Å². The molecule has 2 aromatic rings. The molecule has 170 valence electrons. The van der Waals surface area contributed by atoms with Gasteiger partial charge in [-0.2, -0.15) is 0 Å². The summed E-state index contributed by atoms with van der Waals surface area (Å²) in [6.07, 6.45) is 5.24. The third-order valence-electron chi connectivity index (χ3n) is 7.67. The molecule has 1 N–H and O–H groups in total. The predicted octanol–water partition coefficient (Wildman–Crippen LogP) is 5.85. The van der Waals surface area contributed by atoms with Crippen LogP contribution in [-0.4, -0.2) is 36.7 Å². The molecule has 4 heteroatoms. The molecule has 0 aromatic heterocycles. The van der Waals surface area contributed by atoms with Crippen LogP contribution >= 0.6 is 0 Å². The molecule has 32 heavy (non-hydrogen) atoms. The lowest BCUT2D eigenvalue weighted by molar-refractivity contribution is -0.0340. The monoisotopic (exact) mass is 432 g/mol. The standard InChI is InChI=1S/C28H36N2O2/c1-28(2,3)23-8-4-6-20(17-23)21-10-11-24-22(16-21)7-5-9-25(24)29-27(31)32-26-18-30-14-12-19(26)13-15-30/h4,6,8,10-11,16-17,19,25-26H,5,7,9,12-15,18H2,1-3H3,(H,29,31)/t25?,26-/m1/s1. The molecule has 1 amide bonds. The SMILES string of the molecule is CC(C)(C)c1cccc(-c2ccc3c(c2)CCCC3NC(=O)O[C@@H]2CN3CCC2CC3)c1. The smallest absolute Gasteiger partial charge is 0.407 e. The molecule has 0 saturated carbocycles. The van der Waals surface area contributed by atoms with E-state index in [-0.39, 0.29) is 23.7 Å². The second-order valence-corrected chi connectivity index (χ2v) is 10.9. The molecule has 0 spiro atoms. The molecule has 2 aromatic carbocycles. The van der Waals surface area contributed by atoms with Crippen molar-refractivity contribution in [2.24, 2.45) is 5.92 Å². The molecule has 3 aliphatic heterocycles. The highest BCUT2D eigenvalue weighted by Gasteiger charge is 2.37. The van der Waals surface area contributed by atoms with Crippen molar-refractivity contribution in [1.82, 2.24) is 10.2 Å². The van der Waals surface area contributed by atoms with E-state index in [1.807, 2.05) is 0 Å². The number of benzene rings is 2. The summed E-state index contributed by atoms with van der Waals surface area (Å²) in [6, 6.07) is 15.7. The maximum Gasteiger partial charge on any atom is 0.407 e. The van der Waals surface area contributed by atoms with Crippen LogP contribution in [0.2, 0.25) is 0 Å². The fourth-order valence-electron chi connectivity index (χ4n) is 5.67. The molecule has 3 saturated heterocycles. The molecule has 3 heterocycles. The van der Waals surface area contributed by atoms with Gasteiger partial charge in [0.15, 0.2) is 0 Å². The number of nitrogens with one attached hydrogen (secondary N) is 1. The minimum atomic E-state index is -0.247. The molecule has 4 aliphatic rings. The highest BCUT2D eigenvalue weighted by Crippen LogP contribution is 2.35. The quantitative estimate of drug-likeness (QED) is 0.662. The lowest BCUT2D eigenvalue weighted by Gasteiger charge is -2.44. The van der Waals surface area contributed by atoms with Crippen LogP contribution in [0, 0.1) is 5.92 Å². The second-order valence-electron chi connectivity index (χ2n) is 10.9. The van der Waals surface area contributed by atoms with E-state index in [0.29, 0.717) is 5.92 Å². The number of carbonyl (C=O) groups excluding carboxylic acids is 1. The summed E-state index contributed by atoms with van der Waals surface area (Å²) >= 11 is 0. The van der Waals surface area contributed by atoms with E-state index in [9.17, 15) is 4.79 Å². The van der Waals surface area contributed by atoms with Gasteiger partial charge < -0.3 is 10.1 Å². The lowest BCUT2D eigenvalue weighted by Crippen LogP contribution is -2.52. The number of piperidine rings is 3. The van der Waals surface area contributed by atoms with Gasteiger partial charge in [0.1, 0.15) is 6.10 Å². The Labute approximate surface area is 192 Å². The fourth-order valence-corrected chi connectivity index (χ4v) is 5.67. The van der Waals surface area contributed by atoms with Crippen molar-refractivity contribution in [3.63, 3.8) is 0 Å². The maximum absolute atomic E-state index is 12.7. The summed E-state index contributed by atoms with van der Waals surface area (Å²) in [5.74, 6) is 0.538. The molecule has 1 unspecified atom stereocenters. The Balaban J connectivity index is 1.30. The Hall–Kier alpha value is -2.33. The Morgan fingerprint density at radius 3 is 2.53 bits per heavy atom. The van der Waals surface area contributed by atoms with E-state index in [4.69, 9.17) is 4.74 Å². The predicted molar refractivity (Wildman–Crippen MR) is 129 cm³/mol. The first-order valence-corrected chi connectivity index (χ1v) is 12.3. The number of rotatable bonds is 3. The molecule has 4 nitrogen and oxygen atoms in total. The van der Waals surface area contributed by atoms with Crippen LogP contribution in [0.25, 0.3) is 11.1 Å². The number of fused-ring (bicyclic) bond motifs is 4. The zero-order valence-corrected chi connectivity index (χ0v) is 19.7. The number of hydrogen-bond acceptors (Lipinski definition) is 3. The van der Waals surface area contributed by atoms with E-state index in [0.717, 1.165) is 51.7 Å². The Morgan fingerprint density at radius 1 is 1.03 bits per heavy atom. The first-order valence-electron chi connectivity index (χ1n) is 12.3. The number of amides is 1. The largest absolute Gasteiger partial charge is 0.445 e. The first kappa shape index (κ1) is 21.5. The number of aryl methyl sites for hydroxylation is 1. The van der Waals surface area contributed by atoms with Crippen molar-refractivity contribution < 1.29 is 9.53 Å². The van der Waals surface area contributed by atoms with Crippen molar-refractivity contribution >= 4 is 6.09 Å². The third kappa shape index (κ3) is 4.43. The Bertz CT molecular complexity index is 985. The van der Waals surface area contributed by atoms with E-state index < -0.39 is 0 Å². The van der Waals surface area contributed by atoms with Crippen molar-refractivity contribution in [3.8, 4) is 11.1 Å². The molecule has 0 radical (unpaired) electrons. The van der Waals surface area contributed by atoms with Gasteiger partial charge in [0.05, 0.1) is 6.04 Å². The maximum atomic E-state index is 12.7. The van der Waals surface area contributed by atoms with Crippen LogP contribution in [0.1, 0.15) is 69.2 Å². The van der Waals surface area contributed by atoms with Gasteiger partial charge in [0, 0.05) is 6.54 Å². The van der Waals surface area contributed by atoms with Gasteiger partial charge in [-0.05, 0) is 84.3 Å². The number of alkyl carbamates (subject to hydrolysis) is 1. The normalized spacial score (nSPS) is 27.0. The van der Waals surface area contributed by atoms with Crippen LogP contribution in [-0.2, 0) is 16.6 Å². The van der Waals surface area contributed by atoms with Crippen LogP contribution in [0.3, 0.4) is 0 Å². The summed E-state index contributed by atoms with van der Waals surface area (Å²) in [4.78, 5) is 15.2. The molecule has 2 atom stereocenters. The fraction of sp³-hybridized carbons (Fsp3) is 0.536. The van der Waals surface area contributed by atoms with Crippen molar-refractivity contribution in [2.75, 3.05) is 19.6 Å². The van der Waals surface area contributed by atoms with Gasteiger partial charge >= 0.3 is 6.09 Å². The number of nitrogens with zero attached hydrogens (tertiary/aromatic N) is 1. The Morgan fingerprint density at radius 2 is 1.81 bits per heavy atom. The Kier molecular flexibility index (Phi) is 5.75. The van der Waals surface area contributed by atoms with Gasteiger partial charge in [-0.3, -0.25) is 4.90 Å². The minimum absolute atomic E-state index is 0.0438. The molecular formula is C28H36N2O2. The number of carbonyl (C=O) groups is 1. The molecule has 1 aliphatic carbocycles.